The van der Waals surface area contributed by atoms with Crippen molar-refractivity contribution >= 4 is 0 Å². The van der Waals surface area contributed by atoms with Crippen LogP contribution in [0, 0.1) is 5.21 Å². The summed E-state index contributed by atoms with van der Waals surface area (Å²) >= 11 is 0. The minimum atomic E-state index is -0.255. The van der Waals surface area contributed by atoms with Gasteiger partial charge in [0.05, 0.1) is 0 Å². The lowest BCUT2D eigenvalue weighted by Crippen LogP contribution is -3.13. The molecule has 4 heteroatoms. The lowest BCUT2D eigenvalue weighted by atomic mass is 10.6. The third-order valence-electron chi connectivity index (χ3n) is 0.621. The van der Waals surface area contributed by atoms with Gasteiger partial charge in [0.1, 0.15) is 6.54 Å². The van der Waals surface area contributed by atoms with Crippen molar-refractivity contribution in [2.75, 3.05) is 20.1 Å². The monoisotopic (exact) mass is 105 g/mol. The van der Waals surface area contributed by atoms with Crippen molar-refractivity contribution in [3.8, 4) is 0 Å². The second kappa shape index (κ2) is 4.01. The molecule has 1 unspecified atom stereocenters. The first kappa shape index (κ1) is 6.84. The molecule has 0 rings (SSSR count). The second-order valence-corrected chi connectivity index (χ2v) is 1.32. The molecule has 0 radical (unpaired) electrons. The van der Waals surface area contributed by atoms with E-state index in [1.165, 1.54) is 0 Å². The summed E-state index contributed by atoms with van der Waals surface area (Å²) in [5.74, 6) is 4.80. The highest BCUT2D eigenvalue weighted by atomic mass is 16.5. The second-order valence-electron chi connectivity index (χ2n) is 1.32. The topological polar surface area (TPSA) is 65.5 Å². The summed E-state index contributed by atoms with van der Waals surface area (Å²) in [7, 11) is 1.78. The molecule has 4 N–H and O–H groups in total. The molecule has 0 aliphatic rings. The van der Waals surface area contributed by atoms with Crippen LogP contribution in [0.4, 0.5) is 0 Å². The molecule has 0 bridgehead atoms. The summed E-state index contributed by atoms with van der Waals surface area (Å²) in [6, 6.07) is 0. The Morgan fingerprint density at radius 2 is 2.43 bits per heavy atom. The van der Waals surface area contributed by atoms with Crippen LogP contribution < -0.4 is 16.3 Å². The highest BCUT2D eigenvalue weighted by Crippen LogP contribution is 1.38. The van der Waals surface area contributed by atoms with Crippen LogP contribution in [-0.4, -0.2) is 20.1 Å². The molecule has 0 saturated heterocycles. The van der Waals surface area contributed by atoms with Gasteiger partial charge in [0, 0.05) is 6.54 Å². The Bertz CT molecular complexity index is 39.2. The fourth-order valence-corrected chi connectivity index (χ4v) is 0.248. The van der Waals surface area contributed by atoms with E-state index in [1.807, 2.05) is 0 Å². The van der Waals surface area contributed by atoms with Crippen molar-refractivity contribution in [1.82, 2.24) is 5.32 Å². The third kappa shape index (κ3) is 5.84. The largest absolute Gasteiger partial charge is 0.613 e. The van der Waals surface area contributed by atoms with Gasteiger partial charge in [0.15, 0.2) is 0 Å². The normalized spacial score (nSPS) is 14.1. The summed E-state index contributed by atoms with van der Waals surface area (Å²) in [4.78, 5) is 0. The lowest BCUT2D eigenvalue weighted by molar-refractivity contribution is -0.859. The number of likely N-dealkylation sites (N-methyl/N-ethyl adjacent to an activating group) is 1. The van der Waals surface area contributed by atoms with Crippen molar-refractivity contribution in [3.05, 3.63) is 5.21 Å². The van der Waals surface area contributed by atoms with Crippen LogP contribution in [0.2, 0.25) is 0 Å². The maximum atomic E-state index is 9.94. The minimum Gasteiger partial charge on any atom is -0.613 e. The zero-order valence-corrected chi connectivity index (χ0v) is 4.40. The van der Waals surface area contributed by atoms with E-state index in [0.717, 1.165) is 0 Å². The molecule has 0 aromatic heterocycles. The SMILES string of the molecule is CNCC[NH+](N)[O-]. The van der Waals surface area contributed by atoms with Crippen molar-refractivity contribution in [2.24, 2.45) is 5.84 Å². The smallest absolute Gasteiger partial charge is 0.107 e. The number of hydrogen-bond donors (Lipinski definition) is 3. The Balaban J connectivity index is 2.68. The van der Waals surface area contributed by atoms with Crippen molar-refractivity contribution in [2.45, 2.75) is 0 Å². The Labute approximate surface area is 42.8 Å². The minimum absolute atomic E-state index is 0.255. The van der Waals surface area contributed by atoms with E-state index < -0.39 is 0 Å². The summed E-state index contributed by atoms with van der Waals surface area (Å²) in [5.41, 5.74) is 0. The van der Waals surface area contributed by atoms with E-state index in [1.54, 1.807) is 7.05 Å². The summed E-state index contributed by atoms with van der Waals surface area (Å²) in [6.07, 6.45) is 0. The highest BCUT2D eigenvalue weighted by molar-refractivity contribution is 4.29. The molecule has 0 amide bonds. The van der Waals surface area contributed by atoms with Gasteiger partial charge < -0.3 is 10.5 Å². The van der Waals surface area contributed by atoms with Crippen LogP contribution in [0.5, 0.6) is 0 Å². The van der Waals surface area contributed by atoms with E-state index in [0.29, 0.717) is 13.1 Å². The van der Waals surface area contributed by atoms with E-state index in [-0.39, 0.29) is 5.17 Å². The molecular weight excluding hydrogens is 94.1 g/mol. The van der Waals surface area contributed by atoms with Crippen LogP contribution in [0.3, 0.4) is 0 Å². The predicted molar refractivity (Wildman–Crippen MR) is 27.3 cm³/mol. The quantitative estimate of drug-likeness (QED) is 0.274. The van der Waals surface area contributed by atoms with Crippen LogP contribution >= 0.6 is 0 Å². The molecule has 0 heterocycles. The van der Waals surface area contributed by atoms with Crippen molar-refractivity contribution in [1.29, 1.82) is 0 Å². The molecule has 0 aromatic rings. The molecule has 0 fully saturated rings. The number of hydroxylamine groups is 1. The summed E-state index contributed by atoms with van der Waals surface area (Å²) < 4.78 is 0. The van der Waals surface area contributed by atoms with Gasteiger partial charge in [-0.05, 0) is 7.05 Å². The van der Waals surface area contributed by atoms with Crippen molar-refractivity contribution < 1.29 is 5.17 Å². The molecule has 7 heavy (non-hydrogen) atoms. The number of quaternary nitrogens is 1. The Morgan fingerprint density at radius 3 is 2.57 bits per heavy atom. The molecule has 4 nitrogen and oxygen atoms in total. The lowest BCUT2D eigenvalue weighted by Gasteiger charge is -2.12. The van der Waals surface area contributed by atoms with Gasteiger partial charge in [-0.1, -0.05) is 0 Å². The van der Waals surface area contributed by atoms with Gasteiger partial charge in [-0.3, -0.25) is 5.17 Å². The van der Waals surface area contributed by atoms with Gasteiger partial charge in [0.25, 0.3) is 0 Å². The first-order valence-electron chi connectivity index (χ1n) is 2.20. The zero-order valence-electron chi connectivity index (χ0n) is 4.40. The van der Waals surface area contributed by atoms with E-state index in [4.69, 9.17) is 5.84 Å². The van der Waals surface area contributed by atoms with Gasteiger partial charge in [-0.25, -0.2) is 0 Å². The molecule has 0 spiro atoms. The molecule has 0 saturated carbocycles. The first-order valence-corrected chi connectivity index (χ1v) is 2.20. The fourth-order valence-electron chi connectivity index (χ4n) is 0.248. The number of nitrogens with one attached hydrogen (secondary N) is 2. The number of nitrogens with two attached hydrogens (primary N) is 1. The zero-order chi connectivity index (χ0) is 5.70. The van der Waals surface area contributed by atoms with Crippen LogP contribution in [0.15, 0.2) is 0 Å². The molecule has 0 aromatic carbocycles. The van der Waals surface area contributed by atoms with Crippen LogP contribution in [-0.2, 0) is 0 Å². The van der Waals surface area contributed by atoms with Crippen LogP contribution in [0.1, 0.15) is 0 Å². The number of hydrogen-bond acceptors (Lipinski definition) is 3. The maximum Gasteiger partial charge on any atom is 0.107 e. The third-order valence-corrected chi connectivity index (χ3v) is 0.621. The van der Waals surface area contributed by atoms with E-state index >= 15 is 0 Å². The van der Waals surface area contributed by atoms with E-state index in [9.17, 15) is 5.21 Å². The number of rotatable bonds is 3. The predicted octanol–water partition coefficient (Wildman–Crippen LogP) is -2.54. The first-order chi connectivity index (χ1) is 3.27. The van der Waals surface area contributed by atoms with Gasteiger partial charge in [-0.2, -0.15) is 5.84 Å². The highest BCUT2D eigenvalue weighted by Gasteiger charge is 1.82. The Hall–Kier alpha value is -0.160. The van der Waals surface area contributed by atoms with Crippen LogP contribution in [0.25, 0.3) is 0 Å². The molecule has 44 valence electrons. The molecule has 0 aliphatic carbocycles. The average Bonchev–Trinajstić information content (AvgIpc) is 1.61. The fraction of sp³-hybridized carbons (Fsp3) is 1.00. The standard InChI is InChI=1S/C3H11N3O/c1-5-2-3-6(4)7/h5-6H,2-4H2,1H3. The molecular formula is C3H11N3O. The molecule has 0 aliphatic heterocycles. The maximum absolute atomic E-state index is 9.94. The van der Waals surface area contributed by atoms with Gasteiger partial charge in [0.2, 0.25) is 0 Å². The molecule has 1 atom stereocenters. The Morgan fingerprint density at radius 1 is 1.86 bits per heavy atom. The summed E-state index contributed by atoms with van der Waals surface area (Å²) in [5, 5.41) is 12.5. The summed E-state index contributed by atoms with van der Waals surface area (Å²) in [6.45, 7) is 1.10. The Kier molecular flexibility index (Phi) is 3.92. The van der Waals surface area contributed by atoms with Gasteiger partial charge in [-0.15, -0.1) is 0 Å². The van der Waals surface area contributed by atoms with Gasteiger partial charge >= 0.3 is 0 Å². The van der Waals surface area contributed by atoms with E-state index in [2.05, 4.69) is 5.32 Å². The van der Waals surface area contributed by atoms with Crippen molar-refractivity contribution in [3.63, 3.8) is 0 Å². The average molecular weight is 105 g/mol.